The lowest BCUT2D eigenvalue weighted by molar-refractivity contribution is -0.176. The number of carbonyl (C=O) groups is 1. The van der Waals surface area contributed by atoms with Crippen LogP contribution >= 0.6 is 0 Å². The fourth-order valence-electron chi connectivity index (χ4n) is 1.99. The van der Waals surface area contributed by atoms with Gasteiger partial charge in [-0.15, -0.1) is 0 Å². The van der Waals surface area contributed by atoms with E-state index in [4.69, 9.17) is 4.74 Å². The number of aliphatic hydroxyl groups is 1. The van der Waals surface area contributed by atoms with Gasteiger partial charge in [0, 0.05) is 19.5 Å². The average molecular weight is 230 g/mol. The van der Waals surface area contributed by atoms with Gasteiger partial charge in [0.05, 0.1) is 12.6 Å². The zero-order valence-electron chi connectivity index (χ0n) is 10.5. The Bertz CT molecular complexity index is 235. The zero-order chi connectivity index (χ0) is 12.3. The van der Waals surface area contributed by atoms with Crippen molar-refractivity contribution in [2.75, 3.05) is 27.7 Å². The second-order valence-electron chi connectivity index (χ2n) is 4.77. The molecule has 5 heteroatoms. The van der Waals surface area contributed by atoms with Gasteiger partial charge >= 0.3 is 0 Å². The van der Waals surface area contributed by atoms with Gasteiger partial charge in [-0.1, -0.05) is 0 Å². The third kappa shape index (κ3) is 3.73. The van der Waals surface area contributed by atoms with Crippen LogP contribution in [-0.4, -0.2) is 66.9 Å². The summed E-state index contributed by atoms with van der Waals surface area (Å²) in [6.45, 7) is 2.32. The normalized spacial score (nSPS) is 30.5. The fourth-order valence-corrected chi connectivity index (χ4v) is 1.99. The van der Waals surface area contributed by atoms with E-state index in [1.165, 1.54) is 0 Å². The highest BCUT2D eigenvalue weighted by Crippen LogP contribution is 2.21. The van der Waals surface area contributed by atoms with E-state index in [1.807, 2.05) is 25.9 Å². The molecule has 1 amide bonds. The monoisotopic (exact) mass is 230 g/mol. The maximum Gasteiger partial charge on any atom is 0.236 e. The largest absolute Gasteiger partial charge is 0.368 e. The number of nitrogens with zero attached hydrogens (tertiary/aromatic N) is 2. The van der Waals surface area contributed by atoms with Gasteiger partial charge in [-0.25, -0.2) is 0 Å². The van der Waals surface area contributed by atoms with Crippen molar-refractivity contribution in [1.82, 2.24) is 9.80 Å². The van der Waals surface area contributed by atoms with E-state index in [-0.39, 0.29) is 18.1 Å². The third-order valence-electron chi connectivity index (χ3n) is 2.86. The molecule has 0 spiro atoms. The Morgan fingerprint density at radius 3 is 2.50 bits per heavy atom. The number of likely N-dealkylation sites (N-methyl/N-ethyl adjacent to an activating group) is 2. The van der Waals surface area contributed by atoms with E-state index in [9.17, 15) is 9.90 Å². The fraction of sp³-hybridized carbons (Fsp3) is 0.909. The van der Waals surface area contributed by atoms with Crippen molar-refractivity contribution in [3.05, 3.63) is 0 Å². The maximum absolute atomic E-state index is 11.8. The minimum Gasteiger partial charge on any atom is -0.368 e. The second-order valence-corrected chi connectivity index (χ2v) is 4.77. The molecule has 1 aliphatic rings. The van der Waals surface area contributed by atoms with E-state index in [0.717, 1.165) is 6.42 Å². The Hall–Kier alpha value is -0.650. The highest BCUT2D eigenvalue weighted by Gasteiger charge is 2.30. The molecule has 1 aliphatic heterocycles. The molecule has 94 valence electrons. The molecule has 0 aromatic rings. The van der Waals surface area contributed by atoms with Gasteiger partial charge in [-0.05, 0) is 27.4 Å². The van der Waals surface area contributed by atoms with Crippen LogP contribution in [0.4, 0.5) is 0 Å². The van der Waals surface area contributed by atoms with Crippen molar-refractivity contribution >= 4 is 5.91 Å². The van der Waals surface area contributed by atoms with Crippen LogP contribution in [0.3, 0.4) is 0 Å². The molecule has 0 saturated carbocycles. The number of aliphatic hydroxyl groups excluding tert-OH is 1. The molecule has 0 aromatic carbocycles. The van der Waals surface area contributed by atoms with E-state index < -0.39 is 6.29 Å². The summed E-state index contributed by atoms with van der Waals surface area (Å²) in [6.07, 6.45) is 0.541. The summed E-state index contributed by atoms with van der Waals surface area (Å²) >= 11 is 0. The zero-order valence-corrected chi connectivity index (χ0v) is 10.5. The summed E-state index contributed by atoms with van der Waals surface area (Å²) < 4.78 is 5.23. The van der Waals surface area contributed by atoms with Gasteiger partial charge < -0.3 is 19.6 Å². The molecule has 0 aromatic heterocycles. The number of rotatable bonds is 3. The van der Waals surface area contributed by atoms with Crippen LogP contribution in [0.25, 0.3) is 0 Å². The lowest BCUT2D eigenvalue weighted by Gasteiger charge is -2.37. The van der Waals surface area contributed by atoms with Crippen LogP contribution in [0.2, 0.25) is 0 Å². The molecule has 0 bridgehead atoms. The Labute approximate surface area is 97.0 Å². The van der Waals surface area contributed by atoms with Crippen LogP contribution in [-0.2, 0) is 9.53 Å². The van der Waals surface area contributed by atoms with Crippen molar-refractivity contribution in [1.29, 1.82) is 0 Å². The Morgan fingerprint density at radius 2 is 2.00 bits per heavy atom. The topological polar surface area (TPSA) is 53.0 Å². The first-order valence-corrected chi connectivity index (χ1v) is 5.64. The molecule has 16 heavy (non-hydrogen) atoms. The molecule has 1 N–H and O–H groups in total. The van der Waals surface area contributed by atoms with Crippen LogP contribution in [0.1, 0.15) is 19.8 Å². The lowest BCUT2D eigenvalue weighted by atomic mass is 10.0. The van der Waals surface area contributed by atoms with E-state index >= 15 is 0 Å². The number of hydrogen-bond acceptors (Lipinski definition) is 4. The Morgan fingerprint density at radius 1 is 1.38 bits per heavy atom. The first-order valence-electron chi connectivity index (χ1n) is 5.64. The summed E-state index contributed by atoms with van der Waals surface area (Å²) in [4.78, 5) is 15.4. The van der Waals surface area contributed by atoms with Crippen LogP contribution in [0.5, 0.6) is 0 Å². The number of carbonyl (C=O) groups excluding carboxylic acids is 1. The average Bonchev–Trinajstić information content (AvgIpc) is 2.13. The molecule has 0 aliphatic carbocycles. The maximum atomic E-state index is 11.8. The third-order valence-corrected chi connectivity index (χ3v) is 2.86. The van der Waals surface area contributed by atoms with Crippen molar-refractivity contribution in [2.24, 2.45) is 0 Å². The molecule has 1 unspecified atom stereocenters. The molecular weight excluding hydrogens is 208 g/mol. The molecule has 1 saturated heterocycles. The molecule has 5 nitrogen and oxygen atoms in total. The predicted octanol–water partition coefficient (Wildman–Crippen LogP) is -0.108. The highest BCUT2D eigenvalue weighted by atomic mass is 16.6. The molecular formula is C11H22N2O3. The Balaban J connectivity index is 2.52. The van der Waals surface area contributed by atoms with Crippen molar-refractivity contribution in [3.8, 4) is 0 Å². The first kappa shape index (κ1) is 13.4. The highest BCUT2D eigenvalue weighted by molar-refractivity contribution is 5.78. The van der Waals surface area contributed by atoms with E-state index in [2.05, 4.69) is 0 Å². The van der Waals surface area contributed by atoms with E-state index in [0.29, 0.717) is 13.0 Å². The molecule has 0 radical (unpaired) electrons. The van der Waals surface area contributed by atoms with Crippen molar-refractivity contribution in [3.63, 3.8) is 0 Å². The smallest absolute Gasteiger partial charge is 0.236 e. The first-order chi connectivity index (χ1) is 7.40. The van der Waals surface area contributed by atoms with Gasteiger partial charge in [0.1, 0.15) is 0 Å². The summed E-state index contributed by atoms with van der Waals surface area (Å²) in [5.41, 5.74) is 0. The van der Waals surface area contributed by atoms with E-state index in [1.54, 1.807) is 11.9 Å². The minimum atomic E-state index is -0.747. The van der Waals surface area contributed by atoms with Crippen molar-refractivity contribution < 1.29 is 14.6 Å². The van der Waals surface area contributed by atoms with Gasteiger partial charge in [-0.3, -0.25) is 4.79 Å². The summed E-state index contributed by atoms with van der Waals surface area (Å²) in [6, 6.07) is 0.0752. The van der Waals surface area contributed by atoms with Gasteiger partial charge in [0.15, 0.2) is 6.29 Å². The molecule has 1 heterocycles. The minimum absolute atomic E-state index is 0.00311. The van der Waals surface area contributed by atoms with Crippen molar-refractivity contribution in [2.45, 2.75) is 38.2 Å². The van der Waals surface area contributed by atoms with Gasteiger partial charge in [-0.2, -0.15) is 0 Å². The van der Waals surface area contributed by atoms with Crippen LogP contribution < -0.4 is 0 Å². The second kappa shape index (κ2) is 5.61. The molecule has 1 fully saturated rings. The quantitative estimate of drug-likeness (QED) is 0.735. The van der Waals surface area contributed by atoms with Gasteiger partial charge in [0.2, 0.25) is 5.91 Å². The SMILES string of the molecule is C[C@@H]1C[C@H](N(C)C(=O)CN(C)C)CC(O)O1. The molecule has 1 rings (SSSR count). The van der Waals surface area contributed by atoms with Crippen LogP contribution in [0.15, 0.2) is 0 Å². The summed E-state index contributed by atoms with van der Waals surface area (Å²) in [5, 5.41) is 9.49. The number of ether oxygens (including phenoxy) is 1. The van der Waals surface area contributed by atoms with Gasteiger partial charge in [0.25, 0.3) is 0 Å². The number of amides is 1. The lowest BCUT2D eigenvalue weighted by Crippen LogP contribution is -2.47. The predicted molar refractivity (Wildman–Crippen MR) is 60.9 cm³/mol. The standard InChI is InChI=1S/C11H22N2O3/c1-8-5-9(6-11(15)16-8)13(4)10(14)7-12(2)3/h8-9,11,15H,5-7H2,1-4H3/t8-,9+,11?/m1/s1. The summed E-state index contributed by atoms with van der Waals surface area (Å²) in [5.74, 6) is 0.0799. The number of hydrogen-bond donors (Lipinski definition) is 1. The molecule has 3 atom stereocenters. The Kier molecular flexibility index (Phi) is 4.70. The van der Waals surface area contributed by atoms with Crippen LogP contribution in [0, 0.1) is 0 Å². The summed E-state index contributed by atoms with van der Waals surface area (Å²) in [7, 11) is 5.53.